The van der Waals surface area contributed by atoms with Gasteiger partial charge in [0, 0.05) is 5.69 Å². The molecule has 1 amide bonds. The minimum atomic E-state index is -1.03. The number of hydrogen-bond acceptors (Lipinski definition) is 4. The average molecular weight is 329 g/mol. The van der Waals surface area contributed by atoms with E-state index in [2.05, 4.69) is 10.4 Å². The van der Waals surface area contributed by atoms with Gasteiger partial charge in [0.2, 0.25) is 0 Å². The number of rotatable bonds is 4. The van der Waals surface area contributed by atoms with E-state index >= 15 is 0 Å². The predicted octanol–water partition coefficient (Wildman–Crippen LogP) is 2.06. The molecule has 1 fully saturated rings. The monoisotopic (exact) mass is 329 g/mol. The summed E-state index contributed by atoms with van der Waals surface area (Å²) in [5, 5.41) is 16.2. The van der Waals surface area contributed by atoms with Gasteiger partial charge in [-0.2, -0.15) is 5.10 Å². The number of carbonyl (C=O) groups is 2. The Kier molecular flexibility index (Phi) is 4.35. The van der Waals surface area contributed by atoms with E-state index in [-0.39, 0.29) is 5.91 Å². The molecule has 0 spiro atoms. The summed E-state index contributed by atoms with van der Waals surface area (Å²) in [5.41, 5.74) is 3.20. The van der Waals surface area contributed by atoms with Gasteiger partial charge in [-0.1, -0.05) is 12.1 Å². The predicted molar refractivity (Wildman–Crippen MR) is 87.2 cm³/mol. The fourth-order valence-electron chi connectivity index (χ4n) is 2.86. The summed E-state index contributed by atoms with van der Waals surface area (Å²) in [6.45, 7) is 3.85. The van der Waals surface area contributed by atoms with Gasteiger partial charge in [-0.25, -0.2) is 9.48 Å². The van der Waals surface area contributed by atoms with Crippen LogP contribution in [-0.4, -0.2) is 39.0 Å². The maximum Gasteiger partial charge on any atom is 0.332 e. The Bertz CT molecular complexity index is 784. The third-order valence-electron chi connectivity index (χ3n) is 3.99. The SMILES string of the molecule is Cc1cc(C)n(-c2ccccc2NC(=O)[C@@H]2CC[C@H](C(=O)O)O2)n1. The van der Waals surface area contributed by atoms with E-state index in [0.29, 0.717) is 18.5 Å². The highest BCUT2D eigenvalue weighted by molar-refractivity contribution is 5.96. The second-order valence-corrected chi connectivity index (χ2v) is 5.87. The molecule has 0 aliphatic carbocycles. The van der Waals surface area contributed by atoms with Gasteiger partial charge < -0.3 is 15.2 Å². The van der Waals surface area contributed by atoms with Crippen molar-refractivity contribution in [3.8, 4) is 5.69 Å². The summed E-state index contributed by atoms with van der Waals surface area (Å²) in [4.78, 5) is 23.3. The molecule has 1 aliphatic rings. The maximum atomic E-state index is 12.4. The van der Waals surface area contributed by atoms with E-state index in [0.717, 1.165) is 17.1 Å². The molecule has 3 rings (SSSR count). The highest BCUT2D eigenvalue weighted by Gasteiger charge is 2.34. The zero-order valence-corrected chi connectivity index (χ0v) is 13.5. The van der Waals surface area contributed by atoms with Crippen molar-refractivity contribution in [2.24, 2.45) is 0 Å². The van der Waals surface area contributed by atoms with Crippen LogP contribution in [0, 0.1) is 13.8 Å². The number of para-hydroxylation sites is 2. The average Bonchev–Trinajstić information content (AvgIpc) is 3.15. The van der Waals surface area contributed by atoms with E-state index in [1.165, 1.54) is 0 Å². The van der Waals surface area contributed by atoms with Crippen LogP contribution in [0.15, 0.2) is 30.3 Å². The molecule has 24 heavy (non-hydrogen) atoms. The highest BCUT2D eigenvalue weighted by Crippen LogP contribution is 2.25. The molecule has 7 nitrogen and oxygen atoms in total. The third kappa shape index (κ3) is 3.16. The zero-order chi connectivity index (χ0) is 17.3. The summed E-state index contributed by atoms with van der Waals surface area (Å²) < 4.78 is 7.06. The Morgan fingerprint density at radius 2 is 1.96 bits per heavy atom. The van der Waals surface area contributed by atoms with Crippen molar-refractivity contribution < 1.29 is 19.4 Å². The van der Waals surface area contributed by atoms with Crippen LogP contribution in [0.2, 0.25) is 0 Å². The molecule has 0 bridgehead atoms. The van der Waals surface area contributed by atoms with Crippen molar-refractivity contribution in [1.82, 2.24) is 9.78 Å². The second kappa shape index (κ2) is 6.45. The number of aryl methyl sites for hydroxylation is 2. The lowest BCUT2D eigenvalue weighted by atomic mass is 10.2. The number of ether oxygens (including phenoxy) is 1. The Balaban J connectivity index is 1.80. The molecule has 1 aromatic heterocycles. The third-order valence-corrected chi connectivity index (χ3v) is 3.99. The number of aromatic nitrogens is 2. The summed E-state index contributed by atoms with van der Waals surface area (Å²) in [6, 6.07) is 9.29. The molecule has 1 aliphatic heterocycles. The number of aliphatic carboxylic acids is 1. The van der Waals surface area contributed by atoms with Crippen molar-refractivity contribution in [2.75, 3.05) is 5.32 Å². The van der Waals surface area contributed by atoms with E-state index < -0.39 is 18.2 Å². The number of carboxylic acids is 1. The molecule has 2 atom stereocenters. The number of amides is 1. The van der Waals surface area contributed by atoms with Crippen molar-refractivity contribution in [3.63, 3.8) is 0 Å². The number of nitrogens with one attached hydrogen (secondary N) is 1. The molecule has 2 N–H and O–H groups in total. The van der Waals surface area contributed by atoms with Crippen molar-refractivity contribution in [3.05, 3.63) is 41.7 Å². The Hall–Kier alpha value is -2.67. The van der Waals surface area contributed by atoms with Crippen LogP contribution in [0.25, 0.3) is 5.69 Å². The summed E-state index contributed by atoms with van der Waals surface area (Å²) >= 11 is 0. The number of anilines is 1. The highest BCUT2D eigenvalue weighted by atomic mass is 16.5. The first kappa shape index (κ1) is 16.2. The fraction of sp³-hybridized carbons (Fsp3) is 0.353. The summed E-state index contributed by atoms with van der Waals surface area (Å²) in [5.74, 6) is -1.37. The van der Waals surface area contributed by atoms with Crippen LogP contribution in [-0.2, 0) is 14.3 Å². The number of nitrogens with zero attached hydrogens (tertiary/aromatic N) is 2. The van der Waals surface area contributed by atoms with Gasteiger partial charge in [-0.05, 0) is 44.9 Å². The van der Waals surface area contributed by atoms with E-state index in [9.17, 15) is 9.59 Å². The van der Waals surface area contributed by atoms with E-state index in [1.54, 1.807) is 10.7 Å². The lowest BCUT2D eigenvalue weighted by molar-refractivity contribution is -0.150. The Morgan fingerprint density at radius 3 is 2.58 bits per heavy atom. The normalized spacial score (nSPS) is 20.1. The fourth-order valence-corrected chi connectivity index (χ4v) is 2.86. The van der Waals surface area contributed by atoms with Gasteiger partial charge in [-0.3, -0.25) is 4.79 Å². The minimum absolute atomic E-state index is 0.340. The molecule has 0 saturated carbocycles. The van der Waals surface area contributed by atoms with Crippen LogP contribution in [0.1, 0.15) is 24.2 Å². The van der Waals surface area contributed by atoms with E-state index in [1.807, 2.05) is 38.1 Å². The first-order valence-electron chi connectivity index (χ1n) is 7.77. The van der Waals surface area contributed by atoms with Crippen LogP contribution in [0.5, 0.6) is 0 Å². The van der Waals surface area contributed by atoms with Crippen LogP contribution < -0.4 is 5.32 Å². The van der Waals surface area contributed by atoms with Crippen LogP contribution in [0.3, 0.4) is 0 Å². The molecular formula is C17H19N3O4. The van der Waals surface area contributed by atoms with Gasteiger partial charge in [0.15, 0.2) is 6.10 Å². The number of carbonyl (C=O) groups excluding carboxylic acids is 1. The van der Waals surface area contributed by atoms with Crippen molar-refractivity contribution in [1.29, 1.82) is 0 Å². The molecule has 1 aromatic carbocycles. The second-order valence-electron chi connectivity index (χ2n) is 5.87. The van der Waals surface area contributed by atoms with Crippen molar-refractivity contribution in [2.45, 2.75) is 38.9 Å². The molecule has 0 unspecified atom stereocenters. The van der Waals surface area contributed by atoms with Gasteiger partial charge in [-0.15, -0.1) is 0 Å². The Morgan fingerprint density at radius 1 is 1.25 bits per heavy atom. The zero-order valence-electron chi connectivity index (χ0n) is 13.5. The topological polar surface area (TPSA) is 93.5 Å². The minimum Gasteiger partial charge on any atom is -0.479 e. The summed E-state index contributed by atoms with van der Waals surface area (Å²) in [7, 11) is 0. The standard InChI is InChI=1S/C17H19N3O4/c1-10-9-11(2)20(19-10)13-6-4-3-5-12(13)18-16(21)14-7-8-15(24-14)17(22)23/h3-6,9,14-15H,7-8H2,1-2H3,(H,18,21)(H,22,23)/t14-,15+/m0/s1. The van der Waals surface area contributed by atoms with Gasteiger partial charge >= 0.3 is 5.97 Å². The lowest BCUT2D eigenvalue weighted by Gasteiger charge is -2.15. The molecule has 7 heteroatoms. The summed E-state index contributed by atoms with van der Waals surface area (Å²) in [6.07, 6.45) is -0.927. The van der Waals surface area contributed by atoms with Gasteiger partial charge in [0.25, 0.3) is 5.91 Å². The lowest BCUT2D eigenvalue weighted by Crippen LogP contribution is -2.30. The first-order valence-corrected chi connectivity index (χ1v) is 7.77. The smallest absolute Gasteiger partial charge is 0.332 e. The first-order chi connectivity index (χ1) is 11.5. The molecule has 2 aromatic rings. The van der Waals surface area contributed by atoms with Crippen molar-refractivity contribution >= 4 is 17.6 Å². The van der Waals surface area contributed by atoms with Crippen LogP contribution >= 0.6 is 0 Å². The number of carboxylic acid groups (broad SMARTS) is 1. The molecule has 2 heterocycles. The molecular weight excluding hydrogens is 310 g/mol. The largest absolute Gasteiger partial charge is 0.479 e. The van der Waals surface area contributed by atoms with E-state index in [4.69, 9.17) is 9.84 Å². The Labute approximate surface area is 139 Å². The number of benzene rings is 1. The quantitative estimate of drug-likeness (QED) is 0.895. The molecule has 126 valence electrons. The maximum absolute atomic E-state index is 12.4. The van der Waals surface area contributed by atoms with Crippen LogP contribution in [0.4, 0.5) is 5.69 Å². The molecule has 0 radical (unpaired) electrons. The molecule has 1 saturated heterocycles. The number of hydrogen-bond donors (Lipinski definition) is 2. The van der Waals surface area contributed by atoms with Gasteiger partial charge in [0.05, 0.1) is 17.1 Å². The van der Waals surface area contributed by atoms with Gasteiger partial charge in [0.1, 0.15) is 6.10 Å².